The highest BCUT2D eigenvalue weighted by Gasteiger charge is 2.32. The molecular formula is C22H27F2N3O3. The number of carbonyl (C=O) groups excluding carboxylic acids is 1. The molecule has 1 fully saturated rings. The van der Waals surface area contributed by atoms with Gasteiger partial charge in [0.15, 0.2) is 0 Å². The molecular weight excluding hydrogens is 392 g/mol. The Balaban J connectivity index is 1.66. The molecule has 3 rings (SSSR count). The van der Waals surface area contributed by atoms with Gasteiger partial charge in [0, 0.05) is 24.5 Å². The quantitative estimate of drug-likeness (QED) is 0.705. The number of rotatable bonds is 7. The molecule has 2 aromatic heterocycles. The van der Waals surface area contributed by atoms with Crippen LogP contribution in [-0.2, 0) is 0 Å². The van der Waals surface area contributed by atoms with Gasteiger partial charge in [0.2, 0.25) is 11.4 Å². The van der Waals surface area contributed by atoms with Crippen LogP contribution in [0.5, 0.6) is 5.88 Å². The van der Waals surface area contributed by atoms with E-state index < -0.39 is 6.43 Å². The van der Waals surface area contributed by atoms with Gasteiger partial charge >= 0.3 is 0 Å². The van der Waals surface area contributed by atoms with Crippen molar-refractivity contribution in [3.05, 3.63) is 57.6 Å². The lowest BCUT2D eigenvalue weighted by molar-refractivity contribution is 0.0908. The van der Waals surface area contributed by atoms with Crippen LogP contribution in [0.4, 0.5) is 8.78 Å². The van der Waals surface area contributed by atoms with Crippen molar-refractivity contribution in [2.75, 3.05) is 7.11 Å². The highest BCUT2D eigenvalue weighted by Crippen LogP contribution is 2.42. The molecule has 2 N–H and O–H groups in total. The average Bonchev–Trinajstić information content (AvgIpc) is 2.77. The van der Waals surface area contributed by atoms with E-state index in [1.54, 1.807) is 6.07 Å². The van der Waals surface area contributed by atoms with E-state index in [9.17, 15) is 18.4 Å². The molecule has 0 saturated heterocycles. The molecule has 0 radical (unpaired) electrons. The monoisotopic (exact) mass is 419 g/mol. The first-order valence-electron chi connectivity index (χ1n) is 10.2. The van der Waals surface area contributed by atoms with Crippen LogP contribution < -0.4 is 15.6 Å². The molecule has 1 amide bonds. The van der Waals surface area contributed by atoms with Gasteiger partial charge in [-0.15, -0.1) is 0 Å². The van der Waals surface area contributed by atoms with Gasteiger partial charge in [0.05, 0.1) is 18.2 Å². The summed E-state index contributed by atoms with van der Waals surface area (Å²) >= 11 is 0. The Morgan fingerprint density at radius 1 is 1.27 bits per heavy atom. The number of methoxy groups -OCH3 is 1. The second-order valence-corrected chi connectivity index (χ2v) is 7.67. The number of amides is 1. The molecule has 162 valence electrons. The molecule has 0 bridgehead atoms. The molecule has 2 aromatic rings. The second kappa shape index (κ2) is 9.82. The number of nitrogens with one attached hydrogen (secondary N) is 2. The third-order valence-corrected chi connectivity index (χ3v) is 5.98. The van der Waals surface area contributed by atoms with Crippen molar-refractivity contribution < 1.29 is 18.3 Å². The first kappa shape index (κ1) is 21.9. The fraction of sp³-hybridized carbons (Fsp3) is 0.500. The van der Waals surface area contributed by atoms with E-state index in [2.05, 4.69) is 15.3 Å². The van der Waals surface area contributed by atoms with E-state index in [4.69, 9.17) is 4.74 Å². The highest BCUT2D eigenvalue weighted by molar-refractivity contribution is 5.94. The van der Waals surface area contributed by atoms with Gasteiger partial charge in [-0.3, -0.25) is 9.59 Å². The number of aromatic amines is 1. The zero-order valence-corrected chi connectivity index (χ0v) is 17.2. The van der Waals surface area contributed by atoms with Crippen LogP contribution in [0, 0.1) is 5.92 Å². The minimum Gasteiger partial charge on any atom is -0.481 e. The molecule has 2 heterocycles. The molecule has 0 spiro atoms. The summed E-state index contributed by atoms with van der Waals surface area (Å²) in [7, 11) is 1.35. The zero-order chi connectivity index (χ0) is 21.7. The molecule has 6 nitrogen and oxygen atoms in total. The number of hydrogen-bond acceptors (Lipinski definition) is 4. The van der Waals surface area contributed by atoms with Crippen LogP contribution in [0.2, 0.25) is 0 Å². The number of nitrogens with zero attached hydrogens (tertiary/aromatic N) is 1. The topological polar surface area (TPSA) is 84.1 Å². The van der Waals surface area contributed by atoms with Gasteiger partial charge in [0.1, 0.15) is 0 Å². The first-order valence-corrected chi connectivity index (χ1v) is 10.2. The van der Waals surface area contributed by atoms with E-state index >= 15 is 0 Å². The number of ether oxygens (including phenoxy) is 1. The molecule has 8 heteroatoms. The van der Waals surface area contributed by atoms with Crippen LogP contribution in [0.15, 0.2) is 35.4 Å². The maximum absolute atomic E-state index is 13.6. The van der Waals surface area contributed by atoms with E-state index in [0.29, 0.717) is 11.1 Å². The van der Waals surface area contributed by atoms with E-state index in [1.807, 2.05) is 6.92 Å². The van der Waals surface area contributed by atoms with Gasteiger partial charge in [-0.25, -0.2) is 13.8 Å². The van der Waals surface area contributed by atoms with Crippen LogP contribution in [-0.4, -0.2) is 29.0 Å². The van der Waals surface area contributed by atoms with Gasteiger partial charge in [-0.2, -0.15) is 0 Å². The van der Waals surface area contributed by atoms with Crippen molar-refractivity contribution in [2.45, 2.75) is 57.4 Å². The van der Waals surface area contributed by atoms with Crippen molar-refractivity contribution in [2.24, 2.45) is 5.92 Å². The number of carbonyl (C=O) groups is 1. The molecule has 30 heavy (non-hydrogen) atoms. The summed E-state index contributed by atoms with van der Waals surface area (Å²) in [5, 5.41) is 3.06. The standard InChI is InChI=1S/C22H27F2N3O3/c1-3-17(27-21(29)15-8-9-18(28)26-12-15)14-6-4-13(5-7-14)16-10-11-25-22(30-2)19(16)20(23)24/h8-14,17,20H,3-7H2,1-2H3,(H,26,28)(H,27,29)/t13-,14+,17-/m1/s1. The minimum atomic E-state index is -2.64. The van der Waals surface area contributed by atoms with Crippen molar-refractivity contribution in [3.63, 3.8) is 0 Å². The number of H-pyrrole nitrogens is 1. The fourth-order valence-electron chi connectivity index (χ4n) is 4.40. The average molecular weight is 419 g/mol. The maximum Gasteiger partial charge on any atom is 0.269 e. The summed E-state index contributed by atoms with van der Waals surface area (Å²) in [6.07, 6.45) is 4.27. The Morgan fingerprint density at radius 3 is 2.57 bits per heavy atom. The van der Waals surface area contributed by atoms with Gasteiger partial charge < -0.3 is 15.0 Å². The van der Waals surface area contributed by atoms with Gasteiger partial charge in [0.25, 0.3) is 12.3 Å². The summed E-state index contributed by atoms with van der Waals surface area (Å²) in [6.45, 7) is 2.02. The molecule has 1 aliphatic rings. The SMILES string of the molecule is CC[C@@H](NC(=O)c1ccc(=O)[nH]c1)[C@H]1CC[C@@H](c2ccnc(OC)c2C(F)F)CC1. The lowest BCUT2D eigenvalue weighted by Crippen LogP contribution is -2.41. The molecule has 0 aromatic carbocycles. The lowest BCUT2D eigenvalue weighted by Gasteiger charge is -2.34. The predicted molar refractivity (Wildman–Crippen MR) is 109 cm³/mol. The number of aromatic nitrogens is 2. The van der Waals surface area contributed by atoms with Crippen molar-refractivity contribution in [3.8, 4) is 5.88 Å². The molecule has 1 atom stereocenters. The third-order valence-electron chi connectivity index (χ3n) is 5.98. The first-order chi connectivity index (χ1) is 14.4. The van der Waals surface area contributed by atoms with Crippen molar-refractivity contribution in [1.29, 1.82) is 0 Å². The Morgan fingerprint density at radius 2 is 2.00 bits per heavy atom. The Labute approximate surface area is 174 Å². The van der Waals surface area contributed by atoms with Crippen LogP contribution in [0.3, 0.4) is 0 Å². The van der Waals surface area contributed by atoms with E-state index in [1.165, 1.54) is 31.6 Å². The number of pyridine rings is 2. The molecule has 1 aliphatic carbocycles. The Kier molecular flexibility index (Phi) is 7.18. The molecule has 1 saturated carbocycles. The number of alkyl halides is 2. The van der Waals surface area contributed by atoms with Gasteiger partial charge in [-0.05, 0) is 61.6 Å². The summed E-state index contributed by atoms with van der Waals surface area (Å²) in [4.78, 5) is 30.1. The minimum absolute atomic E-state index is 0.00748. The maximum atomic E-state index is 13.6. The summed E-state index contributed by atoms with van der Waals surface area (Å²) in [6, 6.07) is 4.49. The van der Waals surface area contributed by atoms with E-state index in [-0.39, 0.29) is 40.8 Å². The van der Waals surface area contributed by atoms with Crippen LogP contribution in [0.1, 0.15) is 72.9 Å². The second-order valence-electron chi connectivity index (χ2n) is 7.67. The summed E-state index contributed by atoms with van der Waals surface area (Å²) in [5.41, 5.74) is 0.655. The van der Waals surface area contributed by atoms with Crippen LogP contribution >= 0.6 is 0 Å². The fourth-order valence-corrected chi connectivity index (χ4v) is 4.40. The Hall–Kier alpha value is -2.77. The van der Waals surface area contributed by atoms with Crippen molar-refractivity contribution >= 4 is 5.91 Å². The lowest BCUT2D eigenvalue weighted by atomic mass is 9.74. The number of hydrogen-bond donors (Lipinski definition) is 2. The Bertz CT molecular complexity index is 904. The van der Waals surface area contributed by atoms with Gasteiger partial charge in [-0.1, -0.05) is 6.92 Å². The summed E-state index contributed by atoms with van der Waals surface area (Å²) in [5.74, 6) is 0.0644. The van der Waals surface area contributed by atoms with Crippen LogP contribution in [0.25, 0.3) is 0 Å². The third kappa shape index (κ3) is 4.86. The highest BCUT2D eigenvalue weighted by atomic mass is 19.3. The normalized spacial score (nSPS) is 20.0. The van der Waals surface area contributed by atoms with Crippen molar-refractivity contribution in [1.82, 2.24) is 15.3 Å². The summed E-state index contributed by atoms with van der Waals surface area (Å²) < 4.78 is 32.3. The smallest absolute Gasteiger partial charge is 0.269 e. The molecule has 0 aliphatic heterocycles. The number of halogens is 2. The largest absolute Gasteiger partial charge is 0.481 e. The molecule has 0 unspecified atom stereocenters. The predicted octanol–water partition coefficient (Wildman–Crippen LogP) is 4.20. The zero-order valence-electron chi connectivity index (χ0n) is 17.2. The van der Waals surface area contributed by atoms with E-state index in [0.717, 1.165) is 32.1 Å².